The Morgan fingerprint density at radius 2 is 1.11 bits per heavy atom. The van der Waals surface area contributed by atoms with Crippen LogP contribution in [0.4, 0.5) is 0 Å². The molecule has 112 valence electrons. The number of hydrogen-bond acceptors (Lipinski definition) is 2. The molecule has 2 rings (SSSR count). The van der Waals surface area contributed by atoms with E-state index in [4.69, 9.17) is 5.73 Å². The van der Waals surface area contributed by atoms with Crippen LogP contribution >= 0.6 is 0 Å². The Labute approximate surface area is 119 Å². The van der Waals surface area contributed by atoms with Gasteiger partial charge in [0, 0.05) is 12.0 Å². The van der Waals surface area contributed by atoms with Crippen LogP contribution in [0.15, 0.2) is 0 Å². The van der Waals surface area contributed by atoms with Gasteiger partial charge in [-0.15, -0.1) is 0 Å². The second-order valence-electron chi connectivity index (χ2n) is 8.84. The summed E-state index contributed by atoms with van der Waals surface area (Å²) in [5.74, 6) is 0. The second-order valence-corrected chi connectivity index (χ2v) is 8.84. The molecule has 0 aromatic rings. The predicted molar refractivity (Wildman–Crippen MR) is 80.9 cm³/mol. The van der Waals surface area contributed by atoms with Crippen molar-refractivity contribution in [2.24, 2.45) is 22.0 Å². The first-order valence-electron chi connectivity index (χ1n) is 8.06. The molecule has 2 aliphatic rings. The summed E-state index contributed by atoms with van der Waals surface area (Å²) in [7, 11) is 0. The van der Waals surface area contributed by atoms with Crippen LogP contribution in [0.3, 0.4) is 0 Å². The summed E-state index contributed by atoms with van der Waals surface area (Å²) < 4.78 is 0. The zero-order chi connectivity index (χ0) is 14.4. The van der Waals surface area contributed by atoms with Crippen LogP contribution in [0, 0.1) is 16.2 Å². The minimum atomic E-state index is -0.506. The number of rotatable bonds is 2. The standard InChI is InChI=1S/C17H33NO/c1-14(2)5-9-16(13-18,10-6-14)17(19)11-7-15(3,4)8-12-17/h19H,5-13,18H2,1-4H3. The second kappa shape index (κ2) is 4.73. The van der Waals surface area contributed by atoms with Gasteiger partial charge in [-0.1, -0.05) is 27.7 Å². The van der Waals surface area contributed by atoms with E-state index >= 15 is 0 Å². The number of aliphatic hydroxyl groups is 1. The van der Waals surface area contributed by atoms with Crippen LogP contribution < -0.4 is 5.73 Å². The van der Waals surface area contributed by atoms with Gasteiger partial charge in [-0.2, -0.15) is 0 Å². The fraction of sp³-hybridized carbons (Fsp3) is 1.00. The Bertz CT molecular complexity index is 312. The number of hydrogen-bond donors (Lipinski definition) is 2. The monoisotopic (exact) mass is 267 g/mol. The van der Waals surface area contributed by atoms with E-state index in [0.717, 1.165) is 38.5 Å². The molecule has 19 heavy (non-hydrogen) atoms. The molecule has 2 fully saturated rings. The molecule has 0 saturated heterocycles. The van der Waals surface area contributed by atoms with Gasteiger partial charge in [-0.05, 0) is 62.2 Å². The van der Waals surface area contributed by atoms with Gasteiger partial charge >= 0.3 is 0 Å². The van der Waals surface area contributed by atoms with E-state index in [2.05, 4.69) is 27.7 Å². The molecule has 0 radical (unpaired) electrons. The lowest BCUT2D eigenvalue weighted by atomic mass is 9.53. The maximum atomic E-state index is 11.3. The highest BCUT2D eigenvalue weighted by molar-refractivity contribution is 5.05. The Balaban J connectivity index is 2.14. The summed E-state index contributed by atoms with van der Waals surface area (Å²) in [4.78, 5) is 0. The lowest BCUT2D eigenvalue weighted by molar-refractivity contribution is -0.145. The molecule has 2 heteroatoms. The Hall–Kier alpha value is -0.0800. The maximum absolute atomic E-state index is 11.3. The van der Waals surface area contributed by atoms with Crippen LogP contribution in [0.2, 0.25) is 0 Å². The van der Waals surface area contributed by atoms with Crippen molar-refractivity contribution in [3.8, 4) is 0 Å². The van der Waals surface area contributed by atoms with Crippen LogP contribution in [0.5, 0.6) is 0 Å². The molecule has 0 unspecified atom stereocenters. The molecule has 0 aliphatic heterocycles. The molecule has 3 N–H and O–H groups in total. The molecule has 2 aliphatic carbocycles. The van der Waals surface area contributed by atoms with Crippen molar-refractivity contribution < 1.29 is 5.11 Å². The average molecular weight is 267 g/mol. The molecule has 0 amide bonds. The molecule has 0 bridgehead atoms. The summed E-state index contributed by atoms with van der Waals surface area (Å²) in [5, 5.41) is 11.3. The summed E-state index contributed by atoms with van der Waals surface area (Å²) in [5.41, 5.74) is 6.46. The van der Waals surface area contributed by atoms with E-state index in [1.807, 2.05) is 0 Å². The van der Waals surface area contributed by atoms with E-state index in [-0.39, 0.29) is 5.41 Å². The third-order valence-electron chi connectivity index (χ3n) is 6.37. The molecule has 0 aromatic carbocycles. The Morgan fingerprint density at radius 1 is 0.737 bits per heavy atom. The first kappa shape index (κ1) is 15.3. The van der Waals surface area contributed by atoms with Gasteiger partial charge in [0.05, 0.1) is 5.60 Å². The molecule has 0 aromatic heterocycles. The van der Waals surface area contributed by atoms with Crippen molar-refractivity contribution in [2.75, 3.05) is 6.54 Å². The Morgan fingerprint density at radius 3 is 1.47 bits per heavy atom. The van der Waals surface area contributed by atoms with E-state index < -0.39 is 5.60 Å². The summed E-state index contributed by atoms with van der Waals surface area (Å²) in [6.45, 7) is 10.0. The molecule has 0 spiro atoms. The smallest absolute Gasteiger partial charge is 0.0716 e. The van der Waals surface area contributed by atoms with Gasteiger partial charge in [0.15, 0.2) is 0 Å². The van der Waals surface area contributed by atoms with Gasteiger partial charge in [-0.25, -0.2) is 0 Å². The molecule has 0 atom stereocenters. The highest BCUT2D eigenvalue weighted by Gasteiger charge is 2.53. The maximum Gasteiger partial charge on any atom is 0.0716 e. The van der Waals surface area contributed by atoms with Crippen molar-refractivity contribution in [2.45, 2.75) is 84.7 Å². The zero-order valence-electron chi connectivity index (χ0n) is 13.4. The third-order valence-corrected chi connectivity index (χ3v) is 6.37. The Kier molecular flexibility index (Phi) is 3.81. The zero-order valence-corrected chi connectivity index (χ0v) is 13.4. The van der Waals surface area contributed by atoms with Crippen LogP contribution in [-0.4, -0.2) is 17.3 Å². The largest absolute Gasteiger partial charge is 0.389 e. The third kappa shape index (κ3) is 2.85. The van der Waals surface area contributed by atoms with Crippen molar-refractivity contribution in [1.29, 1.82) is 0 Å². The topological polar surface area (TPSA) is 46.2 Å². The molecule has 2 nitrogen and oxygen atoms in total. The molecule has 2 saturated carbocycles. The first-order valence-corrected chi connectivity index (χ1v) is 8.06. The normalized spacial score (nSPS) is 31.9. The van der Waals surface area contributed by atoms with E-state index in [9.17, 15) is 5.11 Å². The highest BCUT2D eigenvalue weighted by atomic mass is 16.3. The highest BCUT2D eigenvalue weighted by Crippen LogP contribution is 2.56. The fourth-order valence-corrected chi connectivity index (χ4v) is 4.14. The minimum absolute atomic E-state index is 0.0149. The molecule has 0 heterocycles. The summed E-state index contributed by atoms with van der Waals surface area (Å²) >= 11 is 0. The lowest BCUT2D eigenvalue weighted by Crippen LogP contribution is -2.57. The fourth-order valence-electron chi connectivity index (χ4n) is 4.14. The van der Waals surface area contributed by atoms with E-state index in [1.165, 1.54) is 12.8 Å². The summed E-state index contributed by atoms with van der Waals surface area (Å²) in [6.07, 6.45) is 8.77. The van der Waals surface area contributed by atoms with Crippen molar-refractivity contribution >= 4 is 0 Å². The predicted octanol–water partition coefficient (Wildman–Crippen LogP) is 3.86. The first-order chi connectivity index (χ1) is 8.64. The summed E-state index contributed by atoms with van der Waals surface area (Å²) in [6, 6.07) is 0. The van der Waals surface area contributed by atoms with E-state index in [0.29, 0.717) is 17.4 Å². The van der Waals surface area contributed by atoms with Crippen molar-refractivity contribution in [1.82, 2.24) is 0 Å². The number of nitrogens with two attached hydrogens (primary N) is 1. The lowest BCUT2D eigenvalue weighted by Gasteiger charge is -2.55. The molecular weight excluding hydrogens is 234 g/mol. The average Bonchev–Trinajstić information content (AvgIpc) is 2.34. The van der Waals surface area contributed by atoms with Crippen molar-refractivity contribution in [3.05, 3.63) is 0 Å². The van der Waals surface area contributed by atoms with Crippen LogP contribution in [-0.2, 0) is 0 Å². The van der Waals surface area contributed by atoms with Gasteiger partial charge in [0.25, 0.3) is 0 Å². The van der Waals surface area contributed by atoms with Crippen LogP contribution in [0.1, 0.15) is 79.1 Å². The van der Waals surface area contributed by atoms with Gasteiger partial charge in [-0.3, -0.25) is 0 Å². The van der Waals surface area contributed by atoms with E-state index in [1.54, 1.807) is 0 Å². The van der Waals surface area contributed by atoms with Crippen molar-refractivity contribution in [3.63, 3.8) is 0 Å². The molecular formula is C17H33NO. The quantitative estimate of drug-likeness (QED) is 0.798. The minimum Gasteiger partial charge on any atom is -0.389 e. The van der Waals surface area contributed by atoms with Crippen LogP contribution in [0.25, 0.3) is 0 Å². The SMILES string of the molecule is CC1(C)CCC(O)(C2(CN)CCC(C)(C)CC2)CC1. The van der Waals surface area contributed by atoms with Gasteiger partial charge in [0.1, 0.15) is 0 Å². The van der Waals surface area contributed by atoms with Gasteiger partial charge in [0.2, 0.25) is 0 Å². The van der Waals surface area contributed by atoms with Gasteiger partial charge < -0.3 is 10.8 Å².